The Bertz CT molecular complexity index is 688. The highest BCUT2D eigenvalue weighted by Gasteiger charge is 2.22. The second-order valence-electron chi connectivity index (χ2n) is 5.54. The summed E-state index contributed by atoms with van der Waals surface area (Å²) in [6.07, 6.45) is 1.76. The Hall–Kier alpha value is -1.86. The maximum absolute atomic E-state index is 12.3. The van der Waals surface area contributed by atoms with Gasteiger partial charge in [0.05, 0.1) is 15.1 Å². The zero-order chi connectivity index (χ0) is 17.5. The van der Waals surface area contributed by atoms with Gasteiger partial charge in [-0.3, -0.25) is 14.9 Å². The topological polar surface area (TPSA) is 72.2 Å². The number of thiophene rings is 1. The second-order valence-corrected chi connectivity index (χ2v) is 7.82. The third kappa shape index (κ3) is 5.35. The van der Waals surface area contributed by atoms with Crippen LogP contribution in [0.2, 0.25) is 0 Å². The van der Waals surface area contributed by atoms with Gasteiger partial charge in [-0.05, 0) is 43.7 Å². The van der Waals surface area contributed by atoms with E-state index < -0.39 is 4.92 Å². The molecule has 7 heteroatoms. The molecule has 128 valence electrons. The predicted molar refractivity (Wildman–Crippen MR) is 98.7 cm³/mol. The Morgan fingerprint density at radius 1 is 1.29 bits per heavy atom. The Labute approximate surface area is 149 Å². The maximum atomic E-state index is 12.3. The number of benzene rings is 1. The van der Waals surface area contributed by atoms with Crippen LogP contribution in [0.5, 0.6) is 0 Å². The zero-order valence-electron chi connectivity index (χ0n) is 13.6. The lowest BCUT2D eigenvalue weighted by Crippen LogP contribution is -2.37. The van der Waals surface area contributed by atoms with E-state index in [9.17, 15) is 14.9 Å². The van der Waals surface area contributed by atoms with Gasteiger partial charge in [0.2, 0.25) is 5.91 Å². The summed E-state index contributed by atoms with van der Waals surface area (Å²) in [5, 5.41) is 15.3. The molecule has 2 aromatic rings. The maximum Gasteiger partial charge on any atom is 0.337 e. The number of nitrogens with one attached hydrogen (secondary N) is 1. The minimum Gasteiger partial charge on any atom is -0.353 e. The van der Waals surface area contributed by atoms with Crippen molar-refractivity contribution in [3.63, 3.8) is 0 Å². The monoisotopic (exact) mass is 364 g/mol. The number of thioether (sulfide) groups is 1. The van der Waals surface area contributed by atoms with Gasteiger partial charge < -0.3 is 5.32 Å². The summed E-state index contributed by atoms with van der Waals surface area (Å²) in [4.78, 5) is 23.4. The van der Waals surface area contributed by atoms with E-state index in [0.717, 1.165) is 24.2 Å². The van der Waals surface area contributed by atoms with Crippen molar-refractivity contribution >= 4 is 34.0 Å². The molecule has 0 saturated carbocycles. The van der Waals surface area contributed by atoms with Crippen LogP contribution in [-0.4, -0.2) is 22.1 Å². The van der Waals surface area contributed by atoms with E-state index in [2.05, 4.69) is 17.4 Å². The van der Waals surface area contributed by atoms with Crippen LogP contribution in [0, 0.1) is 10.1 Å². The lowest BCUT2D eigenvalue weighted by atomic mass is 10.1. The van der Waals surface area contributed by atoms with Gasteiger partial charge >= 0.3 is 5.00 Å². The number of amides is 1. The van der Waals surface area contributed by atoms with Crippen molar-refractivity contribution in [2.24, 2.45) is 0 Å². The molecule has 0 aliphatic rings. The molecule has 0 fully saturated rings. The second kappa shape index (κ2) is 8.84. The van der Waals surface area contributed by atoms with Gasteiger partial charge in [-0.25, -0.2) is 0 Å². The molecule has 24 heavy (non-hydrogen) atoms. The van der Waals surface area contributed by atoms with Gasteiger partial charge in [-0.1, -0.05) is 41.7 Å². The Balaban J connectivity index is 1.82. The largest absolute Gasteiger partial charge is 0.353 e. The first-order valence-electron chi connectivity index (χ1n) is 7.70. The molecule has 2 rings (SSSR count). The molecule has 1 heterocycles. The Kier molecular flexibility index (Phi) is 6.81. The molecular formula is C17H20N2O3S2. The SMILES string of the molecule is CC(CCc1ccccc1)NC(=O)C(C)Sc1ccsc1[N+](=O)[O-]. The van der Waals surface area contributed by atoms with E-state index in [-0.39, 0.29) is 22.2 Å². The van der Waals surface area contributed by atoms with Gasteiger partial charge in [0.15, 0.2) is 0 Å². The fourth-order valence-corrected chi connectivity index (χ4v) is 4.07. The lowest BCUT2D eigenvalue weighted by Gasteiger charge is -2.17. The van der Waals surface area contributed by atoms with Crippen LogP contribution < -0.4 is 5.32 Å². The van der Waals surface area contributed by atoms with Crippen molar-refractivity contribution in [3.05, 3.63) is 57.5 Å². The number of hydrogen-bond donors (Lipinski definition) is 1. The first-order valence-corrected chi connectivity index (χ1v) is 9.46. The van der Waals surface area contributed by atoms with Crippen molar-refractivity contribution in [2.75, 3.05) is 0 Å². The van der Waals surface area contributed by atoms with E-state index in [4.69, 9.17) is 0 Å². The molecule has 0 radical (unpaired) electrons. The lowest BCUT2D eigenvalue weighted by molar-refractivity contribution is -0.382. The average Bonchev–Trinajstić information content (AvgIpc) is 3.02. The van der Waals surface area contributed by atoms with E-state index in [1.165, 1.54) is 17.3 Å². The quantitative estimate of drug-likeness (QED) is 0.431. The van der Waals surface area contributed by atoms with Crippen LogP contribution in [0.1, 0.15) is 25.8 Å². The molecule has 0 aliphatic heterocycles. The average molecular weight is 364 g/mol. The molecule has 1 aromatic carbocycles. The van der Waals surface area contributed by atoms with Crippen molar-refractivity contribution in [3.8, 4) is 0 Å². The number of hydrogen-bond acceptors (Lipinski definition) is 5. The molecular weight excluding hydrogens is 344 g/mol. The van der Waals surface area contributed by atoms with Crippen LogP contribution in [0.4, 0.5) is 5.00 Å². The van der Waals surface area contributed by atoms with Crippen LogP contribution >= 0.6 is 23.1 Å². The number of carbonyl (C=O) groups is 1. The van der Waals surface area contributed by atoms with E-state index in [1.807, 2.05) is 25.1 Å². The third-order valence-corrected chi connectivity index (χ3v) is 5.69. The number of aryl methyl sites for hydroxylation is 1. The summed E-state index contributed by atoms with van der Waals surface area (Å²) in [5.41, 5.74) is 1.25. The summed E-state index contributed by atoms with van der Waals surface area (Å²) < 4.78 is 0. The molecule has 1 N–H and O–H groups in total. The van der Waals surface area contributed by atoms with Gasteiger partial charge in [-0.2, -0.15) is 0 Å². The Morgan fingerprint density at radius 2 is 2.00 bits per heavy atom. The molecule has 2 unspecified atom stereocenters. The van der Waals surface area contributed by atoms with Crippen molar-refractivity contribution < 1.29 is 9.72 Å². The number of nitrogens with zero attached hydrogens (tertiary/aromatic N) is 1. The molecule has 0 bridgehead atoms. The van der Waals surface area contributed by atoms with E-state index >= 15 is 0 Å². The van der Waals surface area contributed by atoms with Crippen LogP contribution in [0.15, 0.2) is 46.7 Å². The van der Waals surface area contributed by atoms with Gasteiger partial charge in [0.1, 0.15) is 0 Å². The molecule has 0 spiro atoms. The molecule has 1 aromatic heterocycles. The normalized spacial score (nSPS) is 13.2. The number of carbonyl (C=O) groups excluding carboxylic acids is 1. The summed E-state index contributed by atoms with van der Waals surface area (Å²) in [6.45, 7) is 3.75. The summed E-state index contributed by atoms with van der Waals surface area (Å²) in [7, 11) is 0. The van der Waals surface area contributed by atoms with Crippen molar-refractivity contribution in [1.82, 2.24) is 5.32 Å². The zero-order valence-corrected chi connectivity index (χ0v) is 15.2. The van der Waals surface area contributed by atoms with Crippen LogP contribution in [-0.2, 0) is 11.2 Å². The molecule has 0 saturated heterocycles. The van der Waals surface area contributed by atoms with Gasteiger partial charge in [-0.15, -0.1) is 11.8 Å². The van der Waals surface area contributed by atoms with Crippen LogP contribution in [0.25, 0.3) is 0 Å². The fourth-order valence-electron chi connectivity index (χ4n) is 2.22. The van der Waals surface area contributed by atoms with Crippen LogP contribution in [0.3, 0.4) is 0 Å². The number of rotatable bonds is 8. The van der Waals surface area contributed by atoms with E-state index in [0.29, 0.717) is 4.90 Å². The first kappa shape index (κ1) is 18.5. The van der Waals surface area contributed by atoms with Gasteiger partial charge in [0, 0.05) is 6.04 Å². The summed E-state index contributed by atoms with van der Waals surface area (Å²) in [5.74, 6) is -0.0962. The highest BCUT2D eigenvalue weighted by molar-refractivity contribution is 8.00. The summed E-state index contributed by atoms with van der Waals surface area (Å²) in [6, 6.07) is 11.9. The molecule has 1 amide bonds. The Morgan fingerprint density at radius 3 is 2.67 bits per heavy atom. The smallest absolute Gasteiger partial charge is 0.337 e. The minimum absolute atomic E-state index is 0.0539. The number of nitro groups is 1. The highest BCUT2D eigenvalue weighted by Crippen LogP contribution is 2.36. The highest BCUT2D eigenvalue weighted by atomic mass is 32.2. The molecule has 0 aliphatic carbocycles. The fraction of sp³-hybridized carbons (Fsp3) is 0.353. The van der Waals surface area contributed by atoms with Crippen molar-refractivity contribution in [1.29, 1.82) is 0 Å². The third-order valence-electron chi connectivity index (χ3n) is 3.55. The molecule has 2 atom stereocenters. The van der Waals surface area contributed by atoms with Crippen molar-refractivity contribution in [2.45, 2.75) is 42.9 Å². The molecule has 5 nitrogen and oxygen atoms in total. The predicted octanol–water partition coefficient (Wildman–Crippen LogP) is 4.27. The summed E-state index contributed by atoms with van der Waals surface area (Å²) >= 11 is 2.31. The first-order chi connectivity index (χ1) is 11.5. The standard InChI is InChI=1S/C17H20N2O3S2/c1-12(8-9-14-6-4-3-5-7-14)18-16(20)13(2)24-15-10-11-23-17(15)19(21)22/h3-7,10-13H,8-9H2,1-2H3,(H,18,20). The minimum atomic E-state index is -0.403. The van der Waals surface area contributed by atoms with E-state index in [1.54, 1.807) is 18.4 Å². The van der Waals surface area contributed by atoms with Gasteiger partial charge in [0.25, 0.3) is 0 Å².